The molecule has 0 N–H and O–H groups in total. The lowest BCUT2D eigenvalue weighted by molar-refractivity contribution is -0.140. The minimum Gasteiger partial charge on any atom is -0.493 e. The van der Waals surface area contributed by atoms with Crippen molar-refractivity contribution in [3.05, 3.63) is 124 Å². The Hall–Kier alpha value is -4.59. The van der Waals surface area contributed by atoms with Crippen molar-refractivity contribution in [1.82, 2.24) is 4.57 Å². The predicted molar refractivity (Wildman–Crippen MR) is 177 cm³/mol. The number of rotatable bonds is 10. The number of aromatic nitrogens is 1. The van der Waals surface area contributed by atoms with Crippen LogP contribution in [0, 0.1) is 0 Å². The molecule has 1 aliphatic heterocycles. The average molecular weight is 736 g/mol. The normalized spacial score (nSPS) is 14.6. The molecule has 0 fully saturated rings. The second-order valence-corrected chi connectivity index (χ2v) is 12.2. The maximum absolute atomic E-state index is 14.4. The Kier molecular flexibility index (Phi) is 10.9. The van der Waals surface area contributed by atoms with E-state index in [1.807, 2.05) is 0 Å². The molecule has 2 heterocycles. The SMILES string of the molecule is CCOC(=O)C1=C(C(F)(F)F)N=c2s/c(=C\c3cc(Cl)c(OCc4ccc(C(=O)OCC)cc4)c(OC)c3)c(=O)n2[C@H]1c1ccc(Cl)cc1. The molecule has 256 valence electrons. The topological polar surface area (TPSA) is 105 Å². The van der Waals surface area contributed by atoms with Gasteiger partial charge in [-0.15, -0.1) is 0 Å². The van der Waals surface area contributed by atoms with E-state index in [1.165, 1.54) is 50.4 Å². The fourth-order valence-corrected chi connectivity index (χ4v) is 6.42. The zero-order valence-corrected chi connectivity index (χ0v) is 28.4. The van der Waals surface area contributed by atoms with Crippen molar-refractivity contribution in [2.75, 3.05) is 20.3 Å². The standard InChI is InChI=1S/C34H27Cl2F3N2O7S/c1-4-46-31(43)21-8-6-18(7-9-21)17-48-28-23(36)14-19(15-24(28)45-3)16-25-30(42)41-27(20-10-12-22(35)13-11-20)26(32(44)47-5-2)29(34(37,38)39)40-33(41)49-25/h6-16,27H,4-5,17H2,1-3H3/b25-16-/t27-/m0/s1. The molecule has 0 aliphatic carbocycles. The molecule has 4 aromatic rings. The van der Waals surface area contributed by atoms with Gasteiger partial charge in [-0.25, -0.2) is 14.6 Å². The van der Waals surface area contributed by atoms with Gasteiger partial charge in [-0.05, 0) is 73.0 Å². The molecule has 9 nitrogen and oxygen atoms in total. The Bertz CT molecular complexity index is 2110. The summed E-state index contributed by atoms with van der Waals surface area (Å²) in [5.41, 5.74) is -1.29. The summed E-state index contributed by atoms with van der Waals surface area (Å²) < 4.78 is 65.6. The van der Waals surface area contributed by atoms with Crippen LogP contribution in [0.3, 0.4) is 0 Å². The van der Waals surface area contributed by atoms with E-state index in [0.717, 1.165) is 10.1 Å². The van der Waals surface area contributed by atoms with Crippen molar-refractivity contribution >= 4 is 52.6 Å². The molecule has 0 saturated heterocycles. The molecular weight excluding hydrogens is 708 g/mol. The van der Waals surface area contributed by atoms with Crippen LogP contribution in [0.4, 0.5) is 13.2 Å². The number of halogens is 5. The molecular formula is C34H27Cl2F3N2O7S. The summed E-state index contributed by atoms with van der Waals surface area (Å²) in [4.78, 5) is 42.3. The van der Waals surface area contributed by atoms with Gasteiger partial charge in [-0.3, -0.25) is 9.36 Å². The van der Waals surface area contributed by atoms with Crippen LogP contribution in [0.25, 0.3) is 6.08 Å². The predicted octanol–water partition coefficient (Wildman–Crippen LogP) is 6.41. The minimum absolute atomic E-state index is 0.0119. The summed E-state index contributed by atoms with van der Waals surface area (Å²) in [5, 5.41) is 0.434. The number of alkyl halides is 3. The van der Waals surface area contributed by atoms with Gasteiger partial charge in [0.25, 0.3) is 5.56 Å². The second-order valence-electron chi connectivity index (χ2n) is 10.4. The number of thiazole rings is 1. The Labute approximate surface area is 291 Å². The lowest BCUT2D eigenvalue weighted by atomic mass is 9.95. The van der Waals surface area contributed by atoms with Gasteiger partial charge >= 0.3 is 18.1 Å². The molecule has 0 amide bonds. The van der Waals surface area contributed by atoms with Gasteiger partial charge in [0.05, 0.1) is 47.1 Å². The number of hydrogen-bond acceptors (Lipinski definition) is 9. The van der Waals surface area contributed by atoms with Crippen LogP contribution in [0.5, 0.6) is 11.5 Å². The monoisotopic (exact) mass is 734 g/mol. The molecule has 0 bridgehead atoms. The third-order valence-corrected chi connectivity index (χ3v) is 8.69. The first kappa shape index (κ1) is 35.7. The van der Waals surface area contributed by atoms with Crippen molar-refractivity contribution in [1.29, 1.82) is 0 Å². The molecule has 0 radical (unpaired) electrons. The highest BCUT2D eigenvalue weighted by molar-refractivity contribution is 7.07. The summed E-state index contributed by atoms with van der Waals surface area (Å²) in [7, 11) is 1.39. The van der Waals surface area contributed by atoms with Crippen molar-refractivity contribution in [2.24, 2.45) is 4.99 Å². The van der Waals surface area contributed by atoms with Gasteiger partial charge in [0.15, 0.2) is 22.0 Å². The molecule has 15 heteroatoms. The first-order chi connectivity index (χ1) is 23.4. The number of fused-ring (bicyclic) bond motifs is 1. The van der Waals surface area contributed by atoms with Crippen LogP contribution < -0.4 is 24.4 Å². The molecule has 0 saturated carbocycles. The largest absolute Gasteiger partial charge is 0.493 e. The fourth-order valence-electron chi connectivity index (χ4n) is 5.02. The minimum atomic E-state index is -5.04. The highest BCUT2D eigenvalue weighted by Gasteiger charge is 2.45. The molecule has 49 heavy (non-hydrogen) atoms. The Morgan fingerprint density at radius 2 is 1.63 bits per heavy atom. The maximum atomic E-state index is 14.4. The number of carbonyl (C=O) groups is 2. The van der Waals surface area contributed by atoms with Gasteiger partial charge in [-0.2, -0.15) is 13.2 Å². The number of carbonyl (C=O) groups excluding carboxylic acids is 2. The number of esters is 2. The zero-order chi connectivity index (χ0) is 35.5. The summed E-state index contributed by atoms with van der Waals surface area (Å²) in [6, 6.07) is 13.9. The molecule has 1 atom stereocenters. The van der Waals surface area contributed by atoms with Crippen molar-refractivity contribution in [3.8, 4) is 11.5 Å². The quantitative estimate of drug-likeness (QED) is 0.174. The summed E-state index contributed by atoms with van der Waals surface area (Å²) in [6.45, 7) is 3.31. The smallest absolute Gasteiger partial charge is 0.434 e. The molecule has 3 aromatic carbocycles. The average Bonchev–Trinajstić information content (AvgIpc) is 3.37. The molecule has 0 spiro atoms. The Morgan fingerprint density at radius 3 is 2.24 bits per heavy atom. The van der Waals surface area contributed by atoms with E-state index in [0.29, 0.717) is 27.5 Å². The number of ether oxygens (including phenoxy) is 4. The summed E-state index contributed by atoms with van der Waals surface area (Å²) >= 11 is 13.3. The van der Waals surface area contributed by atoms with Crippen LogP contribution in [0.2, 0.25) is 10.0 Å². The van der Waals surface area contributed by atoms with Crippen LogP contribution in [0.15, 0.2) is 81.7 Å². The van der Waals surface area contributed by atoms with E-state index < -0.39 is 41.0 Å². The summed E-state index contributed by atoms with van der Waals surface area (Å²) in [6.07, 6.45) is -3.61. The first-order valence-corrected chi connectivity index (χ1v) is 16.3. The lowest BCUT2D eigenvalue weighted by Crippen LogP contribution is -2.41. The lowest BCUT2D eigenvalue weighted by Gasteiger charge is -2.26. The first-order valence-electron chi connectivity index (χ1n) is 14.7. The van der Waals surface area contributed by atoms with Crippen LogP contribution >= 0.6 is 34.5 Å². The Balaban J connectivity index is 1.55. The van der Waals surface area contributed by atoms with Gasteiger partial charge in [0, 0.05) is 5.02 Å². The van der Waals surface area contributed by atoms with Crippen molar-refractivity contribution < 1.29 is 41.7 Å². The van der Waals surface area contributed by atoms with Crippen LogP contribution in [-0.4, -0.2) is 43.0 Å². The zero-order valence-electron chi connectivity index (χ0n) is 26.1. The molecule has 0 unspecified atom stereocenters. The van der Waals surface area contributed by atoms with Crippen LogP contribution in [0.1, 0.15) is 46.9 Å². The molecule has 1 aromatic heterocycles. The van der Waals surface area contributed by atoms with Gasteiger partial charge in [-0.1, -0.05) is 58.8 Å². The number of nitrogens with zero attached hydrogens (tertiary/aromatic N) is 2. The van der Waals surface area contributed by atoms with Crippen molar-refractivity contribution in [3.63, 3.8) is 0 Å². The molecule has 5 rings (SSSR count). The van der Waals surface area contributed by atoms with E-state index in [9.17, 15) is 27.6 Å². The highest BCUT2D eigenvalue weighted by Crippen LogP contribution is 2.39. The Morgan fingerprint density at radius 1 is 0.980 bits per heavy atom. The number of hydrogen-bond donors (Lipinski definition) is 0. The second kappa shape index (κ2) is 14.9. The van der Waals surface area contributed by atoms with E-state index >= 15 is 0 Å². The number of methoxy groups -OCH3 is 1. The van der Waals surface area contributed by atoms with E-state index in [-0.39, 0.29) is 51.2 Å². The maximum Gasteiger partial charge on any atom is 0.434 e. The summed E-state index contributed by atoms with van der Waals surface area (Å²) in [5.74, 6) is -1.27. The van der Waals surface area contributed by atoms with E-state index in [1.54, 1.807) is 37.3 Å². The highest BCUT2D eigenvalue weighted by atomic mass is 35.5. The number of benzene rings is 3. The third-order valence-electron chi connectivity index (χ3n) is 7.18. The van der Waals surface area contributed by atoms with Gasteiger partial charge in [0.1, 0.15) is 6.61 Å². The van der Waals surface area contributed by atoms with Crippen LogP contribution in [-0.2, 0) is 20.9 Å². The third kappa shape index (κ3) is 7.69. The molecule has 1 aliphatic rings. The van der Waals surface area contributed by atoms with E-state index in [4.69, 9.17) is 42.1 Å². The van der Waals surface area contributed by atoms with E-state index in [2.05, 4.69) is 4.99 Å². The number of allylic oxidation sites excluding steroid dienone is 1. The fraction of sp³-hybridized carbons (Fsp3) is 0.235. The van der Waals surface area contributed by atoms with Gasteiger partial charge in [0.2, 0.25) is 0 Å². The van der Waals surface area contributed by atoms with Gasteiger partial charge < -0.3 is 18.9 Å². The van der Waals surface area contributed by atoms with Crippen molar-refractivity contribution in [2.45, 2.75) is 32.7 Å².